The van der Waals surface area contributed by atoms with E-state index in [-0.39, 0.29) is 6.29 Å². The summed E-state index contributed by atoms with van der Waals surface area (Å²) in [4.78, 5) is 0. The molecule has 2 rings (SSSR count). The Balaban J connectivity index is 1.65. The summed E-state index contributed by atoms with van der Waals surface area (Å²) in [7, 11) is 0. The molecule has 0 spiro atoms. The fraction of sp³-hybridized carbons (Fsp3) is 0.727. The zero-order valence-corrected chi connectivity index (χ0v) is 16.2. The smallest absolute Gasteiger partial charge is 0.183 e. The van der Waals surface area contributed by atoms with Gasteiger partial charge in [0.1, 0.15) is 5.75 Å². The minimum atomic E-state index is -0.217. The summed E-state index contributed by atoms with van der Waals surface area (Å²) in [5, 5.41) is 0. The fourth-order valence-corrected chi connectivity index (χ4v) is 3.20. The van der Waals surface area contributed by atoms with Crippen LogP contribution in [0.2, 0.25) is 0 Å². The van der Waals surface area contributed by atoms with Gasteiger partial charge < -0.3 is 14.2 Å². The maximum atomic E-state index is 5.92. The first-order valence-electron chi connectivity index (χ1n) is 10.3. The Hall–Kier alpha value is -1.06. The van der Waals surface area contributed by atoms with E-state index >= 15 is 0 Å². The van der Waals surface area contributed by atoms with Gasteiger partial charge in [-0.1, -0.05) is 70.9 Å². The van der Waals surface area contributed by atoms with E-state index in [4.69, 9.17) is 14.2 Å². The number of hydrogen-bond donors (Lipinski definition) is 0. The molecule has 1 aliphatic heterocycles. The molecule has 0 N–H and O–H groups in total. The van der Waals surface area contributed by atoms with Crippen LogP contribution in [0.3, 0.4) is 0 Å². The second-order valence-electron chi connectivity index (χ2n) is 7.19. The highest BCUT2D eigenvalue weighted by Crippen LogP contribution is 2.28. The number of ether oxygens (including phenoxy) is 3. The fourth-order valence-electron chi connectivity index (χ4n) is 3.20. The second kappa shape index (κ2) is 12.3. The molecule has 1 saturated heterocycles. The molecule has 1 aliphatic rings. The molecule has 0 atom stereocenters. The number of benzene rings is 1. The lowest BCUT2D eigenvalue weighted by atomic mass is 10.0. The van der Waals surface area contributed by atoms with E-state index in [2.05, 4.69) is 26.0 Å². The normalized spacial score (nSPS) is 20.6. The lowest BCUT2D eigenvalue weighted by molar-refractivity contribution is -0.206. The van der Waals surface area contributed by atoms with Crippen LogP contribution in [0.4, 0.5) is 0 Å². The molecule has 1 aromatic rings. The molecule has 142 valence electrons. The first-order valence-corrected chi connectivity index (χ1v) is 10.3. The van der Waals surface area contributed by atoms with Crippen molar-refractivity contribution in [2.75, 3.05) is 19.8 Å². The number of hydrogen-bond acceptors (Lipinski definition) is 3. The van der Waals surface area contributed by atoms with Crippen LogP contribution in [0.25, 0.3) is 0 Å². The summed E-state index contributed by atoms with van der Waals surface area (Å²) < 4.78 is 17.7. The van der Waals surface area contributed by atoms with Crippen molar-refractivity contribution in [2.24, 2.45) is 5.92 Å². The number of rotatable bonds is 12. The molecule has 3 heteroatoms. The van der Waals surface area contributed by atoms with Crippen LogP contribution >= 0.6 is 0 Å². The maximum absolute atomic E-state index is 5.92. The van der Waals surface area contributed by atoms with Crippen LogP contribution in [0.1, 0.15) is 83.5 Å². The van der Waals surface area contributed by atoms with Gasteiger partial charge in [-0.3, -0.25) is 0 Å². The van der Waals surface area contributed by atoms with Crippen molar-refractivity contribution < 1.29 is 14.2 Å². The molecule has 25 heavy (non-hydrogen) atoms. The SMILES string of the molecule is CCCCCCCOc1ccc(C2OCC(CCCCC)CO2)cc1. The Bertz CT molecular complexity index is 435. The minimum absolute atomic E-state index is 0.217. The van der Waals surface area contributed by atoms with Crippen LogP contribution in [-0.2, 0) is 9.47 Å². The molecule has 0 bridgehead atoms. The summed E-state index contributed by atoms with van der Waals surface area (Å²) in [5.41, 5.74) is 1.09. The third-order valence-electron chi connectivity index (χ3n) is 4.85. The quantitative estimate of drug-likeness (QED) is 0.416. The van der Waals surface area contributed by atoms with Crippen LogP contribution in [-0.4, -0.2) is 19.8 Å². The zero-order chi connectivity index (χ0) is 17.7. The summed E-state index contributed by atoms with van der Waals surface area (Å²) in [6.45, 7) is 6.90. The molecule has 0 amide bonds. The summed E-state index contributed by atoms with van der Waals surface area (Å²) in [6, 6.07) is 8.19. The molecule has 0 aliphatic carbocycles. The van der Waals surface area contributed by atoms with Gasteiger partial charge in [0.2, 0.25) is 0 Å². The predicted octanol–water partition coefficient (Wildman–Crippen LogP) is 6.28. The lowest BCUT2D eigenvalue weighted by Crippen LogP contribution is -2.27. The van der Waals surface area contributed by atoms with E-state index in [9.17, 15) is 0 Å². The predicted molar refractivity (Wildman–Crippen MR) is 103 cm³/mol. The summed E-state index contributed by atoms with van der Waals surface area (Å²) in [6.07, 6.45) is 11.2. The van der Waals surface area contributed by atoms with Gasteiger partial charge in [0.15, 0.2) is 6.29 Å². The highest BCUT2D eigenvalue weighted by atomic mass is 16.7. The van der Waals surface area contributed by atoms with E-state index < -0.39 is 0 Å². The van der Waals surface area contributed by atoms with Crippen LogP contribution in [0.5, 0.6) is 5.75 Å². The van der Waals surface area contributed by atoms with E-state index in [1.807, 2.05) is 12.1 Å². The Morgan fingerprint density at radius 3 is 2.16 bits per heavy atom. The lowest BCUT2D eigenvalue weighted by Gasteiger charge is -2.29. The van der Waals surface area contributed by atoms with Gasteiger partial charge in [-0.05, 0) is 25.0 Å². The van der Waals surface area contributed by atoms with Crippen molar-refractivity contribution in [3.63, 3.8) is 0 Å². The third kappa shape index (κ3) is 7.79. The number of unbranched alkanes of at least 4 members (excludes halogenated alkanes) is 6. The molecule has 1 heterocycles. The molecule has 1 fully saturated rings. The van der Waals surface area contributed by atoms with Crippen molar-refractivity contribution >= 4 is 0 Å². The first-order chi connectivity index (χ1) is 12.3. The van der Waals surface area contributed by atoms with Crippen LogP contribution < -0.4 is 4.74 Å². The summed E-state index contributed by atoms with van der Waals surface area (Å²) in [5.74, 6) is 1.49. The average molecular weight is 349 g/mol. The first kappa shape index (κ1) is 20.3. The molecule has 1 aromatic carbocycles. The second-order valence-corrected chi connectivity index (χ2v) is 7.19. The standard InChI is InChI=1S/C22H36O3/c1-3-5-7-8-10-16-23-21-14-12-20(13-15-21)22-24-17-19(18-25-22)11-9-6-4-2/h12-15,19,22H,3-11,16-18H2,1-2H3. The topological polar surface area (TPSA) is 27.7 Å². The Morgan fingerprint density at radius 1 is 0.840 bits per heavy atom. The van der Waals surface area contributed by atoms with Crippen molar-refractivity contribution in [1.82, 2.24) is 0 Å². The largest absolute Gasteiger partial charge is 0.494 e. The van der Waals surface area contributed by atoms with Gasteiger partial charge >= 0.3 is 0 Å². The van der Waals surface area contributed by atoms with Crippen molar-refractivity contribution in [3.8, 4) is 5.75 Å². The molecular formula is C22H36O3. The van der Waals surface area contributed by atoms with Gasteiger partial charge in [0, 0.05) is 11.5 Å². The van der Waals surface area contributed by atoms with Crippen molar-refractivity contribution in [1.29, 1.82) is 0 Å². The van der Waals surface area contributed by atoms with Crippen LogP contribution in [0.15, 0.2) is 24.3 Å². The molecule has 3 nitrogen and oxygen atoms in total. The summed E-state index contributed by atoms with van der Waals surface area (Å²) >= 11 is 0. The Kier molecular flexibility index (Phi) is 9.98. The van der Waals surface area contributed by atoms with Gasteiger partial charge in [-0.25, -0.2) is 0 Å². The van der Waals surface area contributed by atoms with Gasteiger partial charge in [-0.15, -0.1) is 0 Å². The molecule has 0 radical (unpaired) electrons. The van der Waals surface area contributed by atoms with E-state index in [1.54, 1.807) is 0 Å². The van der Waals surface area contributed by atoms with E-state index in [1.165, 1.54) is 51.4 Å². The third-order valence-corrected chi connectivity index (χ3v) is 4.85. The molecule has 0 saturated carbocycles. The van der Waals surface area contributed by atoms with Crippen LogP contribution in [0, 0.1) is 5.92 Å². The highest BCUT2D eigenvalue weighted by Gasteiger charge is 2.23. The van der Waals surface area contributed by atoms with E-state index in [0.717, 1.165) is 37.6 Å². The Labute approximate surface area is 154 Å². The van der Waals surface area contributed by atoms with Crippen molar-refractivity contribution in [3.05, 3.63) is 29.8 Å². The van der Waals surface area contributed by atoms with Crippen molar-refractivity contribution in [2.45, 2.75) is 77.9 Å². The molecule has 0 unspecified atom stereocenters. The van der Waals surface area contributed by atoms with Gasteiger partial charge in [0.25, 0.3) is 0 Å². The molecule has 0 aromatic heterocycles. The minimum Gasteiger partial charge on any atom is -0.494 e. The maximum Gasteiger partial charge on any atom is 0.183 e. The van der Waals surface area contributed by atoms with E-state index in [0.29, 0.717) is 5.92 Å². The van der Waals surface area contributed by atoms with Gasteiger partial charge in [0.05, 0.1) is 19.8 Å². The molecular weight excluding hydrogens is 312 g/mol. The van der Waals surface area contributed by atoms with Gasteiger partial charge in [-0.2, -0.15) is 0 Å². The zero-order valence-electron chi connectivity index (χ0n) is 16.2. The highest BCUT2D eigenvalue weighted by molar-refractivity contribution is 5.28. The Morgan fingerprint density at radius 2 is 1.48 bits per heavy atom. The average Bonchev–Trinajstić information content (AvgIpc) is 2.66. The monoisotopic (exact) mass is 348 g/mol.